The predicted octanol–water partition coefficient (Wildman–Crippen LogP) is 1.73. The van der Waals surface area contributed by atoms with Crippen LogP contribution < -0.4 is 11.4 Å². The Bertz CT molecular complexity index is 1500. The molecule has 4 heterocycles. The first kappa shape index (κ1) is 24.8. The molecule has 5 rings (SSSR count). The number of rotatable bonds is 5. The van der Waals surface area contributed by atoms with Crippen molar-refractivity contribution in [3.8, 4) is 0 Å². The number of hydrogen-bond acceptors (Lipinski definition) is 8. The van der Waals surface area contributed by atoms with Crippen LogP contribution in [-0.2, 0) is 17.8 Å². The number of aromatic nitrogens is 6. The molecule has 1 aliphatic rings. The highest BCUT2D eigenvalue weighted by atomic mass is 16.6. The van der Waals surface area contributed by atoms with Gasteiger partial charge in [0.15, 0.2) is 11.3 Å². The number of fused-ring (bicyclic) bond motifs is 3. The lowest BCUT2D eigenvalue weighted by Gasteiger charge is -2.35. The van der Waals surface area contributed by atoms with E-state index < -0.39 is 5.60 Å². The maximum Gasteiger partial charge on any atom is 0.410 e. The zero-order valence-corrected chi connectivity index (χ0v) is 21.7. The van der Waals surface area contributed by atoms with Crippen LogP contribution in [0.15, 0.2) is 35.3 Å². The molecule has 0 unspecified atom stereocenters. The minimum absolute atomic E-state index is 0.0794. The maximum atomic E-state index is 13.0. The lowest BCUT2D eigenvalue weighted by Crippen LogP contribution is -2.50. The van der Waals surface area contributed by atoms with Gasteiger partial charge < -0.3 is 15.4 Å². The fourth-order valence-electron chi connectivity index (χ4n) is 4.57. The minimum Gasteiger partial charge on any atom is -0.444 e. The Morgan fingerprint density at radius 2 is 1.84 bits per heavy atom. The molecule has 12 nitrogen and oxygen atoms in total. The molecule has 1 amide bonds. The van der Waals surface area contributed by atoms with Gasteiger partial charge in [-0.3, -0.25) is 4.90 Å². The standard InChI is InChI=1S/C25H33N9O3/c1-17-6-5-7-18(14-17)16-33-23(35)34-21(29-33)19-15-27-32(20(19)28-22(34)26)13-10-30-8-11-31(12-9-30)24(36)37-25(2,3)4/h5-7,14-15H,8-13,16H2,1-4H3,(H2,26,28). The van der Waals surface area contributed by atoms with Gasteiger partial charge in [0, 0.05) is 32.7 Å². The average molecular weight is 508 g/mol. The third-order valence-electron chi connectivity index (χ3n) is 6.41. The number of benzene rings is 1. The summed E-state index contributed by atoms with van der Waals surface area (Å²) in [6.07, 6.45) is 1.41. The third-order valence-corrected chi connectivity index (χ3v) is 6.41. The highest BCUT2D eigenvalue weighted by Crippen LogP contribution is 2.19. The van der Waals surface area contributed by atoms with Crippen LogP contribution in [0.25, 0.3) is 16.7 Å². The molecule has 3 aromatic heterocycles. The third kappa shape index (κ3) is 5.15. The van der Waals surface area contributed by atoms with Crippen LogP contribution in [0, 0.1) is 6.92 Å². The van der Waals surface area contributed by atoms with Crippen molar-refractivity contribution in [3.63, 3.8) is 0 Å². The first-order valence-electron chi connectivity index (χ1n) is 12.5. The van der Waals surface area contributed by atoms with Crippen molar-refractivity contribution in [1.82, 2.24) is 38.7 Å². The van der Waals surface area contributed by atoms with E-state index in [1.807, 2.05) is 52.0 Å². The van der Waals surface area contributed by atoms with Crippen molar-refractivity contribution >= 4 is 28.7 Å². The summed E-state index contributed by atoms with van der Waals surface area (Å²) >= 11 is 0. The van der Waals surface area contributed by atoms with Crippen LogP contribution in [0.4, 0.5) is 10.7 Å². The maximum absolute atomic E-state index is 13.0. The first-order valence-corrected chi connectivity index (χ1v) is 12.5. The van der Waals surface area contributed by atoms with Gasteiger partial charge in [-0.05, 0) is 33.3 Å². The molecule has 0 atom stereocenters. The summed E-state index contributed by atoms with van der Waals surface area (Å²) < 4.78 is 10.0. The van der Waals surface area contributed by atoms with Crippen molar-refractivity contribution in [3.05, 3.63) is 52.1 Å². The Hall–Kier alpha value is -3.93. The molecule has 0 radical (unpaired) electrons. The van der Waals surface area contributed by atoms with Crippen LogP contribution in [0.1, 0.15) is 31.9 Å². The second-order valence-corrected chi connectivity index (χ2v) is 10.5. The van der Waals surface area contributed by atoms with Crippen LogP contribution in [0.2, 0.25) is 0 Å². The van der Waals surface area contributed by atoms with E-state index in [0.717, 1.165) is 30.8 Å². The molecule has 4 aromatic rings. The topological polar surface area (TPSA) is 129 Å². The number of hydrogen-bond donors (Lipinski definition) is 1. The van der Waals surface area contributed by atoms with E-state index in [-0.39, 0.29) is 17.7 Å². The molecule has 37 heavy (non-hydrogen) atoms. The van der Waals surface area contributed by atoms with E-state index >= 15 is 0 Å². The lowest BCUT2D eigenvalue weighted by molar-refractivity contribution is 0.0142. The Morgan fingerprint density at radius 1 is 1.08 bits per heavy atom. The van der Waals surface area contributed by atoms with Crippen LogP contribution >= 0.6 is 0 Å². The van der Waals surface area contributed by atoms with Gasteiger partial charge in [0.1, 0.15) is 5.60 Å². The molecule has 0 bridgehead atoms. The van der Waals surface area contributed by atoms with Gasteiger partial charge in [0.2, 0.25) is 5.95 Å². The van der Waals surface area contributed by atoms with Gasteiger partial charge in [-0.25, -0.2) is 23.4 Å². The normalized spacial score (nSPS) is 15.1. The predicted molar refractivity (Wildman–Crippen MR) is 139 cm³/mol. The molecule has 0 aliphatic carbocycles. The Kier molecular flexibility index (Phi) is 6.36. The van der Waals surface area contributed by atoms with Crippen molar-refractivity contribution in [2.45, 2.75) is 46.4 Å². The van der Waals surface area contributed by atoms with E-state index in [1.54, 1.807) is 15.8 Å². The summed E-state index contributed by atoms with van der Waals surface area (Å²) in [5, 5.41) is 9.76. The molecule has 12 heteroatoms. The monoisotopic (exact) mass is 507 g/mol. The van der Waals surface area contributed by atoms with Gasteiger partial charge in [-0.15, -0.1) is 5.10 Å². The lowest BCUT2D eigenvalue weighted by atomic mass is 10.1. The highest BCUT2D eigenvalue weighted by Gasteiger charge is 2.26. The Balaban J connectivity index is 1.30. The summed E-state index contributed by atoms with van der Waals surface area (Å²) in [6.45, 7) is 12.0. The highest BCUT2D eigenvalue weighted by molar-refractivity contribution is 5.89. The first-order chi connectivity index (χ1) is 17.6. The van der Waals surface area contributed by atoms with Gasteiger partial charge >= 0.3 is 11.8 Å². The van der Waals surface area contributed by atoms with Crippen molar-refractivity contribution in [1.29, 1.82) is 0 Å². The fourth-order valence-corrected chi connectivity index (χ4v) is 4.57. The molecular weight excluding hydrogens is 474 g/mol. The van der Waals surface area contributed by atoms with Gasteiger partial charge in [0.25, 0.3) is 0 Å². The van der Waals surface area contributed by atoms with Crippen LogP contribution in [0.5, 0.6) is 0 Å². The number of aryl methyl sites for hydroxylation is 1. The van der Waals surface area contributed by atoms with Crippen LogP contribution in [0.3, 0.4) is 0 Å². The summed E-state index contributed by atoms with van der Waals surface area (Å²) in [5.41, 5.74) is 8.50. The summed E-state index contributed by atoms with van der Waals surface area (Å²) in [5.74, 6) is 0.0794. The number of nitrogens with zero attached hydrogens (tertiary/aromatic N) is 8. The largest absolute Gasteiger partial charge is 0.444 e. The summed E-state index contributed by atoms with van der Waals surface area (Å²) in [6, 6.07) is 7.96. The Labute approximate surface area is 214 Å². The Morgan fingerprint density at radius 3 is 2.54 bits per heavy atom. The molecule has 1 fully saturated rings. The summed E-state index contributed by atoms with van der Waals surface area (Å²) in [7, 11) is 0. The molecule has 2 N–H and O–H groups in total. The minimum atomic E-state index is -0.503. The number of carbonyl (C=O) groups excluding carboxylic acids is 1. The molecule has 1 aliphatic heterocycles. The molecule has 1 aromatic carbocycles. The number of anilines is 1. The van der Waals surface area contributed by atoms with Crippen LogP contribution in [-0.4, -0.2) is 83.2 Å². The van der Waals surface area contributed by atoms with E-state index in [1.165, 1.54) is 9.08 Å². The number of nitrogens with two attached hydrogens (primary N) is 1. The van der Waals surface area contributed by atoms with E-state index in [2.05, 4.69) is 20.1 Å². The van der Waals surface area contributed by atoms with Crippen molar-refractivity contribution < 1.29 is 9.53 Å². The molecule has 196 valence electrons. The van der Waals surface area contributed by atoms with Crippen molar-refractivity contribution in [2.24, 2.45) is 0 Å². The van der Waals surface area contributed by atoms with E-state index in [0.29, 0.717) is 42.9 Å². The average Bonchev–Trinajstić information content (AvgIpc) is 3.38. The molecular formula is C25H33N9O3. The smallest absolute Gasteiger partial charge is 0.410 e. The number of piperazine rings is 1. The number of ether oxygens (including phenoxy) is 1. The molecule has 1 saturated heterocycles. The number of carbonyl (C=O) groups is 1. The number of nitrogen functional groups attached to an aromatic ring is 1. The fraction of sp³-hybridized carbons (Fsp3) is 0.480. The second kappa shape index (κ2) is 9.51. The number of amides is 1. The van der Waals surface area contributed by atoms with E-state index in [4.69, 9.17) is 10.5 Å². The van der Waals surface area contributed by atoms with Crippen molar-refractivity contribution in [2.75, 3.05) is 38.5 Å². The van der Waals surface area contributed by atoms with Gasteiger partial charge in [-0.1, -0.05) is 29.8 Å². The zero-order valence-electron chi connectivity index (χ0n) is 21.7. The molecule has 0 saturated carbocycles. The van der Waals surface area contributed by atoms with Gasteiger partial charge in [0.05, 0.1) is 24.7 Å². The SMILES string of the molecule is Cc1cccc(Cn2nc3c4cnn(CCN5CCN(C(=O)OC(C)(C)C)CC5)c4nc(N)n3c2=O)c1. The molecule has 0 spiro atoms. The van der Waals surface area contributed by atoms with Gasteiger partial charge in [-0.2, -0.15) is 10.1 Å². The van der Waals surface area contributed by atoms with E-state index in [9.17, 15) is 9.59 Å². The quantitative estimate of drug-likeness (QED) is 0.432. The zero-order chi connectivity index (χ0) is 26.3. The summed E-state index contributed by atoms with van der Waals surface area (Å²) in [4.78, 5) is 33.9. The second-order valence-electron chi connectivity index (χ2n) is 10.5.